The molecule has 1 heterocycles. The molecule has 1 saturated heterocycles. The third-order valence-electron chi connectivity index (χ3n) is 4.00. The molecule has 0 saturated carbocycles. The summed E-state index contributed by atoms with van der Waals surface area (Å²) in [6, 6.07) is 7.92. The Bertz CT molecular complexity index is 436. The van der Waals surface area contributed by atoms with Crippen LogP contribution in [0, 0.1) is 0 Å². The molecule has 21 heavy (non-hydrogen) atoms. The second kappa shape index (κ2) is 8.03. The Hall–Kier alpha value is -1.55. The lowest BCUT2D eigenvalue weighted by Gasteiger charge is -2.26. The topological polar surface area (TPSA) is 44.4 Å². The molecule has 1 aromatic carbocycles. The van der Waals surface area contributed by atoms with E-state index >= 15 is 0 Å². The fourth-order valence-electron chi connectivity index (χ4n) is 2.64. The standard InChI is InChI=1S/C17H27N3O/c1-14(2)15-6-8-16(9-7-15)19-17(21)18-10-13-20-11-4-3-5-12-20/h6-9,14H,3-5,10-13H2,1-2H3,(H2,18,19,21). The van der Waals surface area contributed by atoms with Crippen LogP contribution in [-0.2, 0) is 0 Å². The minimum atomic E-state index is -0.121. The predicted octanol–water partition coefficient (Wildman–Crippen LogP) is 3.42. The number of nitrogens with zero attached hydrogens (tertiary/aromatic N) is 1. The molecule has 2 rings (SSSR count). The van der Waals surface area contributed by atoms with Crippen LogP contribution in [0.25, 0.3) is 0 Å². The lowest BCUT2D eigenvalue weighted by Crippen LogP contribution is -2.39. The van der Waals surface area contributed by atoms with E-state index in [4.69, 9.17) is 0 Å². The van der Waals surface area contributed by atoms with Gasteiger partial charge in [0.25, 0.3) is 0 Å². The third kappa shape index (κ3) is 5.38. The van der Waals surface area contributed by atoms with Gasteiger partial charge in [0.2, 0.25) is 0 Å². The van der Waals surface area contributed by atoms with Crippen molar-refractivity contribution in [3.8, 4) is 0 Å². The van der Waals surface area contributed by atoms with Gasteiger partial charge >= 0.3 is 6.03 Å². The monoisotopic (exact) mass is 289 g/mol. The highest BCUT2D eigenvalue weighted by molar-refractivity contribution is 5.89. The highest BCUT2D eigenvalue weighted by atomic mass is 16.2. The van der Waals surface area contributed by atoms with E-state index in [9.17, 15) is 4.79 Å². The normalized spacial score (nSPS) is 16.0. The van der Waals surface area contributed by atoms with Crippen molar-refractivity contribution in [1.82, 2.24) is 10.2 Å². The molecule has 0 unspecified atom stereocenters. The van der Waals surface area contributed by atoms with Crippen LogP contribution in [0.2, 0.25) is 0 Å². The molecule has 0 radical (unpaired) electrons. The second-order valence-corrected chi connectivity index (χ2v) is 6.06. The molecule has 4 nitrogen and oxygen atoms in total. The number of carbonyl (C=O) groups is 1. The summed E-state index contributed by atoms with van der Waals surface area (Å²) < 4.78 is 0. The molecule has 1 aromatic rings. The summed E-state index contributed by atoms with van der Waals surface area (Å²) in [7, 11) is 0. The average Bonchev–Trinajstić information content (AvgIpc) is 2.49. The van der Waals surface area contributed by atoms with Gasteiger partial charge in [0.15, 0.2) is 0 Å². The van der Waals surface area contributed by atoms with Crippen LogP contribution >= 0.6 is 0 Å². The Balaban J connectivity index is 1.68. The van der Waals surface area contributed by atoms with Crippen LogP contribution in [-0.4, -0.2) is 37.1 Å². The van der Waals surface area contributed by atoms with Gasteiger partial charge in [0, 0.05) is 18.8 Å². The number of nitrogens with one attached hydrogen (secondary N) is 2. The first-order valence-corrected chi connectivity index (χ1v) is 8.02. The molecule has 1 aliphatic rings. The van der Waals surface area contributed by atoms with Gasteiger partial charge in [-0.2, -0.15) is 0 Å². The third-order valence-corrected chi connectivity index (χ3v) is 4.00. The Kier molecular flexibility index (Phi) is 6.05. The maximum Gasteiger partial charge on any atom is 0.319 e. The highest BCUT2D eigenvalue weighted by Gasteiger charge is 2.09. The number of anilines is 1. The Morgan fingerprint density at radius 2 is 1.81 bits per heavy atom. The van der Waals surface area contributed by atoms with E-state index in [1.807, 2.05) is 12.1 Å². The number of piperidine rings is 1. The van der Waals surface area contributed by atoms with Crippen LogP contribution in [0.1, 0.15) is 44.6 Å². The molecule has 0 aliphatic carbocycles. The number of carbonyl (C=O) groups excluding carboxylic acids is 1. The number of hydrogen-bond donors (Lipinski definition) is 2. The van der Waals surface area contributed by atoms with Gasteiger partial charge in [-0.25, -0.2) is 4.79 Å². The molecule has 116 valence electrons. The number of likely N-dealkylation sites (tertiary alicyclic amines) is 1. The van der Waals surface area contributed by atoms with E-state index in [1.165, 1.54) is 37.9 Å². The molecule has 0 aromatic heterocycles. The van der Waals surface area contributed by atoms with Crippen LogP contribution < -0.4 is 10.6 Å². The molecule has 0 atom stereocenters. The zero-order valence-corrected chi connectivity index (χ0v) is 13.2. The van der Waals surface area contributed by atoms with Gasteiger partial charge < -0.3 is 15.5 Å². The van der Waals surface area contributed by atoms with Crippen LogP contribution in [0.15, 0.2) is 24.3 Å². The second-order valence-electron chi connectivity index (χ2n) is 6.06. The highest BCUT2D eigenvalue weighted by Crippen LogP contribution is 2.16. The number of hydrogen-bond acceptors (Lipinski definition) is 2. The van der Waals surface area contributed by atoms with Crippen LogP contribution in [0.4, 0.5) is 10.5 Å². The molecule has 0 bridgehead atoms. The van der Waals surface area contributed by atoms with E-state index in [1.54, 1.807) is 0 Å². The van der Waals surface area contributed by atoms with E-state index in [2.05, 4.69) is 41.5 Å². The summed E-state index contributed by atoms with van der Waals surface area (Å²) in [4.78, 5) is 14.3. The van der Waals surface area contributed by atoms with E-state index in [0.717, 1.165) is 12.2 Å². The van der Waals surface area contributed by atoms with Crippen molar-refractivity contribution in [2.45, 2.75) is 39.0 Å². The number of amides is 2. The first-order chi connectivity index (χ1) is 10.1. The van der Waals surface area contributed by atoms with Crippen LogP contribution in [0.3, 0.4) is 0 Å². The summed E-state index contributed by atoms with van der Waals surface area (Å²) in [6.45, 7) is 8.31. The van der Waals surface area contributed by atoms with Gasteiger partial charge in [-0.1, -0.05) is 32.4 Å². The van der Waals surface area contributed by atoms with Gasteiger partial charge in [-0.05, 0) is 49.5 Å². The lowest BCUT2D eigenvalue weighted by atomic mass is 10.0. The zero-order chi connectivity index (χ0) is 15.1. The first-order valence-electron chi connectivity index (χ1n) is 8.02. The molecule has 2 N–H and O–H groups in total. The summed E-state index contributed by atoms with van der Waals surface area (Å²) in [5.74, 6) is 0.511. The number of urea groups is 1. The maximum atomic E-state index is 11.8. The molecule has 1 fully saturated rings. The summed E-state index contributed by atoms with van der Waals surface area (Å²) in [5.41, 5.74) is 2.13. The van der Waals surface area contributed by atoms with E-state index in [-0.39, 0.29) is 6.03 Å². The Labute approximate surface area is 127 Å². The van der Waals surface area contributed by atoms with Crippen molar-refractivity contribution in [3.05, 3.63) is 29.8 Å². The van der Waals surface area contributed by atoms with E-state index < -0.39 is 0 Å². The quantitative estimate of drug-likeness (QED) is 0.872. The van der Waals surface area contributed by atoms with Gasteiger partial charge in [-0.3, -0.25) is 0 Å². The minimum Gasteiger partial charge on any atom is -0.337 e. The Morgan fingerprint density at radius 1 is 1.14 bits per heavy atom. The van der Waals surface area contributed by atoms with Crippen molar-refractivity contribution in [2.24, 2.45) is 0 Å². The maximum absolute atomic E-state index is 11.8. The fraction of sp³-hybridized carbons (Fsp3) is 0.588. The smallest absolute Gasteiger partial charge is 0.319 e. The van der Waals surface area contributed by atoms with Gasteiger partial charge in [0.1, 0.15) is 0 Å². The van der Waals surface area contributed by atoms with Crippen molar-refractivity contribution in [2.75, 3.05) is 31.5 Å². The van der Waals surface area contributed by atoms with Crippen molar-refractivity contribution in [1.29, 1.82) is 0 Å². The van der Waals surface area contributed by atoms with Gasteiger partial charge in [0.05, 0.1) is 0 Å². The molecular formula is C17H27N3O. The van der Waals surface area contributed by atoms with Crippen molar-refractivity contribution < 1.29 is 4.79 Å². The predicted molar refractivity (Wildman–Crippen MR) is 87.8 cm³/mol. The SMILES string of the molecule is CC(C)c1ccc(NC(=O)NCCN2CCCCC2)cc1. The molecule has 4 heteroatoms. The summed E-state index contributed by atoms with van der Waals surface area (Å²) in [6.07, 6.45) is 3.92. The van der Waals surface area contributed by atoms with E-state index in [0.29, 0.717) is 12.5 Å². The van der Waals surface area contributed by atoms with Crippen molar-refractivity contribution in [3.63, 3.8) is 0 Å². The van der Waals surface area contributed by atoms with Crippen molar-refractivity contribution >= 4 is 11.7 Å². The number of benzene rings is 1. The molecular weight excluding hydrogens is 262 g/mol. The zero-order valence-electron chi connectivity index (χ0n) is 13.2. The molecule has 1 aliphatic heterocycles. The molecule has 2 amide bonds. The number of rotatable bonds is 5. The lowest BCUT2D eigenvalue weighted by molar-refractivity contribution is 0.224. The summed E-state index contributed by atoms with van der Waals surface area (Å²) >= 11 is 0. The largest absolute Gasteiger partial charge is 0.337 e. The fourth-order valence-corrected chi connectivity index (χ4v) is 2.64. The molecule has 0 spiro atoms. The Morgan fingerprint density at radius 3 is 2.43 bits per heavy atom. The minimum absolute atomic E-state index is 0.121. The van der Waals surface area contributed by atoms with Gasteiger partial charge in [-0.15, -0.1) is 0 Å². The summed E-state index contributed by atoms with van der Waals surface area (Å²) in [5, 5.41) is 5.80. The first kappa shape index (κ1) is 15.8. The average molecular weight is 289 g/mol. The van der Waals surface area contributed by atoms with Crippen LogP contribution in [0.5, 0.6) is 0 Å².